The third-order valence-corrected chi connectivity index (χ3v) is 34.0. The van der Waals surface area contributed by atoms with E-state index in [9.17, 15) is 0 Å². The van der Waals surface area contributed by atoms with Crippen molar-refractivity contribution < 1.29 is 0 Å². The van der Waals surface area contributed by atoms with Crippen molar-refractivity contribution in [2.45, 2.75) is 250 Å². The molecule has 714 valence electrons. The Balaban J connectivity index is 0.790. The predicted octanol–water partition coefficient (Wildman–Crippen LogP) is 42.4. The molecule has 0 bridgehead atoms. The molecule has 3 aromatic heterocycles. The number of benzene rings is 13. The Kier molecular flexibility index (Phi) is 32.2. The van der Waals surface area contributed by atoms with Crippen molar-refractivity contribution in [1.29, 1.82) is 0 Å². The van der Waals surface area contributed by atoms with Crippen LogP contribution in [0, 0.1) is 0 Å². The third-order valence-electron chi connectivity index (χ3n) is 30.7. The molecule has 0 amide bonds. The zero-order valence-electron chi connectivity index (χ0n) is 84.2. The van der Waals surface area contributed by atoms with Gasteiger partial charge in [0.25, 0.3) is 0 Å². The molecule has 0 saturated heterocycles. The molecule has 0 saturated carbocycles. The molecule has 19 rings (SSSR count). The van der Waals surface area contributed by atoms with E-state index in [2.05, 4.69) is 438 Å². The second-order valence-electron chi connectivity index (χ2n) is 40.0. The Hall–Kier alpha value is -12.4. The van der Waals surface area contributed by atoms with E-state index in [-0.39, 0.29) is 16.2 Å². The molecule has 0 spiro atoms. The Labute approximate surface area is 855 Å². The second kappa shape index (κ2) is 46.5. The van der Waals surface area contributed by atoms with E-state index < -0.39 is 0 Å². The van der Waals surface area contributed by atoms with E-state index >= 15 is 0 Å². The molecule has 0 unspecified atom stereocenters. The average molecular weight is 1900 g/mol. The van der Waals surface area contributed by atoms with Gasteiger partial charge >= 0.3 is 0 Å². The normalized spacial score (nSPS) is 13.4. The highest BCUT2D eigenvalue weighted by Gasteiger charge is 2.58. The molecular formula is C135H141N3S3. The number of thiophene rings is 3. The summed E-state index contributed by atoms with van der Waals surface area (Å²) in [5, 5.41) is 0. The van der Waals surface area contributed by atoms with Crippen LogP contribution in [-0.2, 0) is 16.2 Å². The maximum atomic E-state index is 2.83. The number of hydrogen-bond acceptors (Lipinski definition) is 6. The molecule has 16 aromatic rings. The van der Waals surface area contributed by atoms with Crippen LogP contribution in [0.1, 0.15) is 299 Å². The standard InChI is InChI=1S/C135H141N3S3/c1-7-13-19-43-91-133(92-44-20-14-8-2)121-97-103(124-88-82-115(139-124)79-67-100-61-73-112(74-62-100)136(106-49-31-25-32-50-106)107-51-33-26-34-52-107)70-85-118(121)127-130(133)128-119-86-71-104(125-89-83-116(140-125)80-68-101-63-75-113(76-64-101)137(108-53-35-27-36-54-108)109-55-37-28-38-56-109)98-122(119)134(93-45-21-15-9-3,94-46-22-16-10-4)132(128)129-120-87-72-105(99-123(120)135(131(127)129,95-47-23-17-11-5)96-48-24-18-12-6)126-90-84-117(141-126)81-69-102-65-77-114(78-66-102)138(110-57-39-29-40-58-110)111-59-41-30-42-60-111/h25-42,49-90,97-99H,7-24,43-48,91-96H2,1-6H3/b79-67+,80-68+,81-69+. The van der Waals surface area contributed by atoms with Crippen LogP contribution in [0.4, 0.5) is 51.2 Å². The average Bonchev–Trinajstić information content (AvgIpc) is 1.48. The van der Waals surface area contributed by atoms with Gasteiger partial charge in [0, 0.05) is 96.7 Å². The van der Waals surface area contributed by atoms with E-state index in [1.807, 2.05) is 34.0 Å². The molecule has 0 aliphatic heterocycles. The van der Waals surface area contributed by atoms with Gasteiger partial charge in [0.2, 0.25) is 0 Å². The number of para-hydroxylation sites is 6. The molecule has 3 aliphatic rings. The Bertz CT molecular complexity index is 6020. The van der Waals surface area contributed by atoms with Crippen LogP contribution < -0.4 is 14.7 Å². The van der Waals surface area contributed by atoms with E-state index in [1.54, 1.807) is 50.1 Å². The van der Waals surface area contributed by atoms with Crippen molar-refractivity contribution in [3.63, 3.8) is 0 Å². The number of hydrogen-bond donors (Lipinski definition) is 0. The monoisotopic (exact) mass is 1900 g/mol. The lowest BCUT2D eigenvalue weighted by Gasteiger charge is -2.40. The first-order valence-electron chi connectivity index (χ1n) is 53.7. The third kappa shape index (κ3) is 21.1. The number of rotatable bonds is 48. The van der Waals surface area contributed by atoms with Crippen molar-refractivity contribution in [2.75, 3.05) is 14.7 Å². The fourth-order valence-electron chi connectivity index (χ4n) is 23.7. The molecule has 141 heavy (non-hydrogen) atoms. The summed E-state index contributed by atoms with van der Waals surface area (Å²) in [6, 6.07) is 131. The predicted molar refractivity (Wildman–Crippen MR) is 618 cm³/mol. The summed E-state index contributed by atoms with van der Waals surface area (Å²) >= 11 is 5.87. The first-order chi connectivity index (χ1) is 69.6. The highest BCUT2D eigenvalue weighted by Crippen LogP contribution is 2.72. The molecule has 6 heteroatoms. The SMILES string of the molecule is CCCCCCC1(CCCCCC)c2cc(-c3ccc(/C=C/c4ccc(N(c5ccccc5)c5ccccc5)cc4)s3)ccc2-c2c1c1c(c3c2C(CCCCCC)(CCCCCC)c2cc(-c4ccc(/C=C/c5ccc(N(c6ccccc6)c6ccccc6)cc5)s4)ccc2-3)C(CCCCCC)(CCCCCC)c2cc(-c3ccc(/C=C/c4ccc(N(c5ccccc5)c5ccccc5)cc4)s3)ccc2-1. The highest BCUT2D eigenvalue weighted by molar-refractivity contribution is 7.17. The smallest absolute Gasteiger partial charge is 0.0462 e. The zero-order chi connectivity index (χ0) is 96.2. The van der Waals surface area contributed by atoms with E-state index in [0.717, 1.165) is 89.7 Å². The van der Waals surface area contributed by atoms with Gasteiger partial charge in [-0.1, -0.05) is 396 Å². The van der Waals surface area contributed by atoms with E-state index in [1.165, 1.54) is 233 Å². The van der Waals surface area contributed by atoms with Crippen molar-refractivity contribution >= 4 is 122 Å². The Morgan fingerprint density at radius 1 is 0.199 bits per heavy atom. The largest absolute Gasteiger partial charge is 0.311 e. The summed E-state index contributed by atoms with van der Waals surface area (Å²) in [7, 11) is 0. The van der Waals surface area contributed by atoms with Gasteiger partial charge in [0.05, 0.1) is 0 Å². The highest BCUT2D eigenvalue weighted by atomic mass is 32.1. The maximum Gasteiger partial charge on any atom is 0.0462 e. The molecule has 3 aliphatic carbocycles. The number of anilines is 9. The zero-order valence-corrected chi connectivity index (χ0v) is 86.6. The van der Waals surface area contributed by atoms with Gasteiger partial charge in [-0.25, -0.2) is 0 Å². The molecule has 3 heterocycles. The number of fused-ring (bicyclic) bond motifs is 12. The fourth-order valence-corrected chi connectivity index (χ4v) is 26.4. The van der Waals surface area contributed by atoms with Crippen LogP contribution in [-0.4, -0.2) is 0 Å². The van der Waals surface area contributed by atoms with Crippen LogP contribution in [0.5, 0.6) is 0 Å². The minimum Gasteiger partial charge on any atom is -0.311 e. The van der Waals surface area contributed by atoms with Crippen molar-refractivity contribution in [2.24, 2.45) is 0 Å². The number of nitrogens with zero attached hydrogens (tertiary/aromatic N) is 3. The topological polar surface area (TPSA) is 9.72 Å². The van der Waals surface area contributed by atoms with Gasteiger partial charge < -0.3 is 14.7 Å². The van der Waals surface area contributed by atoms with Gasteiger partial charge in [0.1, 0.15) is 0 Å². The number of unbranched alkanes of at least 4 members (excludes halogenated alkanes) is 18. The van der Waals surface area contributed by atoms with Crippen molar-refractivity contribution in [3.05, 3.63) is 410 Å². The summed E-state index contributed by atoms with van der Waals surface area (Å²) < 4.78 is 0. The van der Waals surface area contributed by atoms with Gasteiger partial charge in [-0.05, 0) is 321 Å². The van der Waals surface area contributed by atoms with Crippen molar-refractivity contribution in [1.82, 2.24) is 0 Å². The lowest BCUT2D eigenvalue weighted by atomic mass is 9.63. The molecule has 0 atom stereocenters. The molecule has 0 radical (unpaired) electrons. The van der Waals surface area contributed by atoms with Crippen LogP contribution in [0.15, 0.2) is 346 Å². The maximum absolute atomic E-state index is 2.83. The second-order valence-corrected chi connectivity index (χ2v) is 43.4. The lowest BCUT2D eigenvalue weighted by molar-refractivity contribution is 0.389. The van der Waals surface area contributed by atoms with Crippen LogP contribution in [0.3, 0.4) is 0 Å². The van der Waals surface area contributed by atoms with Crippen LogP contribution in [0.2, 0.25) is 0 Å². The summed E-state index contributed by atoms with van der Waals surface area (Å²) in [5.74, 6) is 0. The van der Waals surface area contributed by atoms with Crippen LogP contribution >= 0.6 is 34.0 Å². The molecule has 3 nitrogen and oxygen atoms in total. The first kappa shape index (κ1) is 97.4. The van der Waals surface area contributed by atoms with Crippen LogP contribution in [0.25, 0.3) is 101 Å². The van der Waals surface area contributed by atoms with Gasteiger partial charge in [-0.2, -0.15) is 0 Å². The molecular weight excluding hydrogens is 1760 g/mol. The van der Waals surface area contributed by atoms with Gasteiger partial charge in [-0.15, -0.1) is 34.0 Å². The summed E-state index contributed by atoms with van der Waals surface area (Å²) in [6.45, 7) is 14.5. The first-order valence-corrected chi connectivity index (χ1v) is 56.2. The Morgan fingerprint density at radius 3 is 0.610 bits per heavy atom. The van der Waals surface area contributed by atoms with Gasteiger partial charge in [-0.3, -0.25) is 0 Å². The summed E-state index contributed by atoms with van der Waals surface area (Å²) in [5.41, 5.74) is 36.6. The van der Waals surface area contributed by atoms with Crippen molar-refractivity contribution in [3.8, 4) is 64.7 Å². The van der Waals surface area contributed by atoms with Gasteiger partial charge in [0.15, 0.2) is 0 Å². The summed E-state index contributed by atoms with van der Waals surface area (Å²) in [4.78, 5) is 14.9. The Morgan fingerprint density at radius 2 is 0.404 bits per heavy atom. The minimum atomic E-state index is -0.261. The lowest BCUT2D eigenvalue weighted by Crippen LogP contribution is -2.31. The molecule has 13 aromatic carbocycles. The van der Waals surface area contributed by atoms with E-state index in [0.29, 0.717) is 0 Å². The molecule has 0 N–H and O–H groups in total. The quantitative estimate of drug-likeness (QED) is 0.0352. The fraction of sp³-hybridized carbons (Fsp3) is 0.289. The molecule has 0 fully saturated rings. The summed E-state index contributed by atoms with van der Waals surface area (Å²) in [6.07, 6.45) is 50.3. The minimum absolute atomic E-state index is 0.261. The van der Waals surface area contributed by atoms with E-state index in [4.69, 9.17) is 0 Å².